The van der Waals surface area contributed by atoms with E-state index in [1.165, 1.54) is 39.5 Å². The molecule has 2 aromatic carbocycles. The lowest BCUT2D eigenvalue weighted by atomic mass is 9.90. The minimum atomic E-state index is -2.02. The number of carbonyl (C=O) groups is 20. The number of rotatable bonds is 24. The number of Topliss-reactive ketones (excluding diaryl/α,β-unsaturated/α-hetero) is 2. The summed E-state index contributed by atoms with van der Waals surface area (Å²) in [6, 6.07) is -5.87. The van der Waals surface area contributed by atoms with Gasteiger partial charge in [0.15, 0.2) is 11.6 Å². The molecule has 796 valence electrons. The van der Waals surface area contributed by atoms with Gasteiger partial charge in [-0.15, -0.1) is 35.3 Å². The fourth-order valence-electron chi connectivity index (χ4n) is 19.0. The lowest BCUT2D eigenvalue weighted by Crippen LogP contribution is -2.63. The van der Waals surface area contributed by atoms with Gasteiger partial charge in [-0.2, -0.15) is 0 Å². The third kappa shape index (κ3) is 31.6. The van der Waals surface area contributed by atoms with Crippen LogP contribution >= 0.6 is 35.3 Å². The predicted molar refractivity (Wildman–Crippen MR) is 540 cm³/mol. The zero-order chi connectivity index (χ0) is 106. The number of ketones is 2. The molecule has 2 aromatic heterocycles. The van der Waals surface area contributed by atoms with Gasteiger partial charge < -0.3 is 115 Å². The van der Waals surface area contributed by atoms with Crippen molar-refractivity contribution in [3.05, 3.63) is 72.1 Å². The maximum atomic E-state index is 15.7. The number of aromatic amines is 2. The van der Waals surface area contributed by atoms with Crippen molar-refractivity contribution in [2.24, 2.45) is 23.3 Å². The van der Waals surface area contributed by atoms with Crippen molar-refractivity contribution in [1.82, 2.24) is 103 Å². The van der Waals surface area contributed by atoms with E-state index in [1.54, 1.807) is 115 Å². The molecule has 14 atom stereocenters. The lowest BCUT2D eigenvalue weighted by molar-refractivity contribution is -0.143. The van der Waals surface area contributed by atoms with Gasteiger partial charge in [-0.25, -0.2) is 0 Å². The molecule has 0 saturated carbocycles. The summed E-state index contributed by atoms with van der Waals surface area (Å²) in [6.07, 6.45) is 1.51. The summed E-state index contributed by atoms with van der Waals surface area (Å²) in [5, 5.41) is 64.6. The van der Waals surface area contributed by atoms with Crippen molar-refractivity contribution in [3.8, 4) is 0 Å². The van der Waals surface area contributed by atoms with Crippen LogP contribution < -0.4 is 75.3 Å². The quantitative estimate of drug-likeness (QED) is 0.0319. The molecule has 11 heterocycles. The minimum Gasteiger partial charge on any atom is -0.481 e. The summed E-state index contributed by atoms with van der Waals surface area (Å²) in [7, 11) is 1.59. The van der Waals surface area contributed by atoms with Crippen LogP contribution in [0.25, 0.3) is 21.8 Å². The number of amides is 16. The van der Waals surface area contributed by atoms with Crippen LogP contribution in [0.2, 0.25) is 0 Å². The molecule has 145 heavy (non-hydrogen) atoms. The van der Waals surface area contributed by atoms with Crippen LogP contribution in [0.15, 0.2) is 60.9 Å². The number of aliphatic carboxylic acids is 2. The second-order valence-electron chi connectivity index (χ2n) is 39.8. The number of H-pyrrole nitrogens is 2. The number of carboxylic acid groups (broad SMARTS) is 2. The summed E-state index contributed by atoms with van der Waals surface area (Å²) in [5.74, 6) is -21.2. The number of nitrogens with one attached hydrogen (secondary N) is 14. The van der Waals surface area contributed by atoms with Crippen LogP contribution in [-0.2, 0) is 109 Å². The van der Waals surface area contributed by atoms with Crippen molar-refractivity contribution < 1.29 is 111 Å². The van der Waals surface area contributed by atoms with Crippen LogP contribution in [0.4, 0.5) is 0 Å². The molecule has 1 unspecified atom stereocenters. The zero-order valence-corrected chi connectivity index (χ0v) is 86.4. The molecule has 9 aliphatic rings. The first kappa shape index (κ1) is 115. The number of aliphatic hydroxyl groups is 1. The Hall–Kier alpha value is -11.8. The summed E-state index contributed by atoms with van der Waals surface area (Å²) in [6.45, 7) is 15.8. The Labute approximate surface area is 854 Å². The number of thioether (sulfide) groups is 3. The molecule has 0 radical (unpaired) electrons. The number of hydrogen-bond donors (Lipinski definition) is 19. The molecule has 9 aliphatic heterocycles. The second kappa shape index (κ2) is 53.0. The molecule has 0 aliphatic carbocycles. The van der Waals surface area contributed by atoms with Crippen LogP contribution in [0.5, 0.6) is 0 Å². The molecule has 0 spiro atoms. The Morgan fingerprint density at radius 1 is 0.510 bits per heavy atom. The van der Waals surface area contributed by atoms with Gasteiger partial charge in [0.2, 0.25) is 94.5 Å². The van der Waals surface area contributed by atoms with Crippen LogP contribution in [0, 0.1) is 11.8 Å². The van der Waals surface area contributed by atoms with Crippen molar-refractivity contribution >= 4 is 175 Å². The molecule has 9 fully saturated rings. The van der Waals surface area contributed by atoms with Gasteiger partial charge in [-0.1, -0.05) is 64.1 Å². The number of carboxylic acids is 2. The summed E-state index contributed by atoms with van der Waals surface area (Å²) < 4.78 is 0. The highest BCUT2D eigenvalue weighted by molar-refractivity contribution is 8.00. The average molecular weight is 2080 g/mol. The number of primary amides is 1. The third-order valence-electron chi connectivity index (χ3n) is 27.8. The monoisotopic (exact) mass is 2080 g/mol. The Kier molecular flexibility index (Phi) is 42.1. The van der Waals surface area contributed by atoms with E-state index in [-0.39, 0.29) is 142 Å². The Morgan fingerprint density at radius 3 is 1.49 bits per heavy atom. The molecule has 9 saturated heterocycles. The first-order chi connectivity index (χ1) is 68.6. The third-order valence-corrected chi connectivity index (χ3v) is 30.9. The molecule has 21 N–H and O–H groups in total. The summed E-state index contributed by atoms with van der Waals surface area (Å²) >= 11 is 2.90. The molecular weight excluding hydrogens is 1940 g/mol. The largest absolute Gasteiger partial charge is 0.481 e. The number of aromatic nitrogens is 2. The van der Waals surface area contributed by atoms with E-state index < -0.39 is 228 Å². The van der Waals surface area contributed by atoms with Crippen LogP contribution in [0.3, 0.4) is 0 Å². The van der Waals surface area contributed by atoms with Gasteiger partial charge >= 0.3 is 11.9 Å². The standard InChI is InChI=1S/C97H142N22O23S3/c1-52(2)81-93(140)106-68(41-80(129)130)86(133)102-44-75(123)103-66(39-56-42-100-63-19-14-12-17-61(56)63)88(135)111-82(53(3)4)95(142)118-32-16-21-72(118)92(139)107-69(84(99)131)46-143-49-76(124)115-33-25-58(26-34-115)119-59-27-35-116(36-28-59)77(125)50-144-47-70(90(137)105-67(89(136)110-81)40-57-43-101-64-20-15-13-18-62(57)64)109-87(134)65(22-23-79(127)128)104-94(141)83(55(6)120)112-91(138)71(48-145-51-78(126)117-37-29-60(119)30-38-117)108-85(132)54(5)113-96(7,8)74(122)45-114(11)97(9,10)73(121)24-31-98/h12-15,17-20,42-43,52-55,58-60,65-72,81-83,100-101,113,120H,16,21-41,44-51,98H2,1-11H3,(H2,99,131)(H,102,133)(H,103,123)(H,104,141)(H,105,137)(H,106,140)(H,107,139)(H,108,132)(H,109,134)(H,110,136)(H,111,135)(H,112,138)(H,127,128)(H,129,130)/t54-,55+,65-,66-,67-,68-,69-,70-,71-,72-,81-,82-,83-/m0/s1. The van der Waals surface area contributed by atoms with E-state index in [4.69, 9.17) is 11.5 Å². The minimum absolute atomic E-state index is 0.0480. The first-order valence-electron chi connectivity index (χ1n) is 49.4. The van der Waals surface area contributed by atoms with Gasteiger partial charge in [-0.05, 0) is 148 Å². The topological polar surface area (TPSA) is 650 Å². The van der Waals surface area contributed by atoms with Crippen molar-refractivity contribution in [3.63, 3.8) is 0 Å². The van der Waals surface area contributed by atoms with E-state index in [2.05, 4.69) is 78.7 Å². The van der Waals surface area contributed by atoms with Gasteiger partial charge in [0.1, 0.15) is 66.5 Å². The summed E-state index contributed by atoms with van der Waals surface area (Å²) in [5.41, 5.74) is 11.3. The highest BCUT2D eigenvalue weighted by Crippen LogP contribution is 2.34. The highest BCUT2D eigenvalue weighted by atomic mass is 32.2. The van der Waals surface area contributed by atoms with Crippen LogP contribution in [0.1, 0.15) is 157 Å². The fraction of sp³-hybridized carbons (Fsp3) is 0.629. The van der Waals surface area contributed by atoms with Gasteiger partial charge in [0, 0.05) is 141 Å². The fourth-order valence-corrected chi connectivity index (χ4v) is 21.8. The maximum Gasteiger partial charge on any atom is 0.305 e. The number of hydrogen-bond acceptors (Lipinski definition) is 28. The Bertz CT molecular complexity index is 5360. The van der Waals surface area contributed by atoms with E-state index in [0.29, 0.717) is 91.0 Å². The predicted octanol–water partition coefficient (Wildman–Crippen LogP) is -2.64. The van der Waals surface area contributed by atoms with Crippen molar-refractivity contribution in [2.75, 3.05) is 107 Å². The number of benzene rings is 2. The average Bonchev–Trinajstić information content (AvgIpc) is 1.69. The summed E-state index contributed by atoms with van der Waals surface area (Å²) in [4.78, 5) is 305. The molecule has 16 amide bonds. The normalized spacial score (nSPS) is 26.4. The smallest absolute Gasteiger partial charge is 0.305 e. The molecule has 4 aromatic rings. The number of fused-ring (bicyclic) bond motifs is 30. The van der Waals surface area contributed by atoms with Gasteiger partial charge in [0.05, 0.1) is 60.0 Å². The highest BCUT2D eigenvalue weighted by Gasteiger charge is 2.46. The molecule has 13 rings (SSSR count). The molecule has 8 bridgehead atoms. The number of aliphatic hydroxyl groups excluding tert-OH is 1. The van der Waals surface area contributed by atoms with Crippen molar-refractivity contribution in [1.29, 1.82) is 0 Å². The van der Waals surface area contributed by atoms with E-state index >= 15 is 19.2 Å². The van der Waals surface area contributed by atoms with Crippen LogP contribution in [-0.4, -0.2) is 388 Å². The van der Waals surface area contributed by atoms with E-state index in [1.807, 2.05) is 0 Å². The maximum absolute atomic E-state index is 15.7. The molecule has 45 nitrogen and oxygen atoms in total. The SMILES string of the molecule is CC(C)[C@@H]1NC(=O)[C@H](Cc2c[nH]c3ccccc23)NC(=O)[C@@H]2CSCC(=O)N3CCC(CC3)N(C3CCN(CC3)C(=O)CSC[C@@H](C(N)=O)NC(=O)[C@@H]3CCCN3C(=O)[C@H](C(C)C)NC(=O)[C@H](Cc3c[nH]c4ccccc34)NC(=O)CNC(=O)[C@H](CC(=O)O)NC1=O)C1CCN(CC1)C(=O)CSC[C@H](NC(=O)[C@H](C)NC(C)(C)C(=O)CN(C)C(C)(C)C(=O)CCN)C(=O)N[C@@H]([C@@H](C)O)C(=O)N[C@@H](CCC(=O)O)C(=O)N2. The van der Waals surface area contributed by atoms with E-state index in [9.17, 15) is 92.0 Å². The molecule has 48 heteroatoms. The first-order valence-corrected chi connectivity index (χ1v) is 52.8. The number of carbonyl (C=O) groups excluding carboxylic acids is 18. The Balaban J connectivity index is 0.999. The second-order valence-corrected chi connectivity index (χ2v) is 42.9. The number of piperidine rings is 3. The Morgan fingerprint density at radius 2 is 0.986 bits per heavy atom. The molecular formula is C97H142N22O23S3. The number of likely N-dealkylation sites (N-methyl/N-ethyl adjacent to an activating group) is 1. The zero-order valence-electron chi connectivity index (χ0n) is 83.9. The number of nitrogens with zero attached hydrogens (tertiary/aromatic N) is 6. The lowest BCUT2D eigenvalue weighted by Gasteiger charge is -2.50. The van der Waals surface area contributed by atoms with Gasteiger partial charge in [0.25, 0.3) is 0 Å². The number of nitrogens with two attached hydrogens (primary N) is 2. The van der Waals surface area contributed by atoms with Crippen molar-refractivity contribution in [2.45, 2.75) is 267 Å². The number of para-hydroxylation sites is 2. The van der Waals surface area contributed by atoms with Gasteiger partial charge in [-0.3, -0.25) is 111 Å². The van der Waals surface area contributed by atoms with E-state index in [0.717, 1.165) is 42.2 Å².